The van der Waals surface area contributed by atoms with Gasteiger partial charge in [0.25, 0.3) is 0 Å². The Balaban J connectivity index is 1.16. The van der Waals surface area contributed by atoms with Crippen LogP contribution in [0.2, 0.25) is 0 Å². The van der Waals surface area contributed by atoms with E-state index in [-0.39, 0.29) is 11.8 Å². The number of piperidine rings is 1. The first-order valence-corrected chi connectivity index (χ1v) is 10.9. The van der Waals surface area contributed by atoms with Gasteiger partial charge in [0, 0.05) is 18.0 Å². The van der Waals surface area contributed by atoms with Crippen LogP contribution >= 0.6 is 0 Å². The lowest BCUT2D eigenvalue weighted by Crippen LogP contribution is -2.40. The van der Waals surface area contributed by atoms with Crippen LogP contribution in [0.15, 0.2) is 34.9 Å². The Kier molecular flexibility index (Phi) is 6.90. The minimum Gasteiger partial charge on any atom is -0.356 e. The van der Waals surface area contributed by atoms with Crippen molar-refractivity contribution in [3.63, 3.8) is 0 Å². The highest BCUT2D eigenvalue weighted by molar-refractivity contribution is 5.78. The zero-order chi connectivity index (χ0) is 19.9. The number of aromatic nitrogens is 2. The molecule has 2 aliphatic heterocycles. The van der Waals surface area contributed by atoms with Crippen LogP contribution in [-0.4, -0.2) is 65.1 Å². The van der Waals surface area contributed by atoms with Crippen LogP contribution in [0.3, 0.4) is 0 Å². The Labute approximate surface area is 172 Å². The lowest BCUT2D eigenvalue weighted by atomic mass is 9.96. The van der Waals surface area contributed by atoms with Gasteiger partial charge in [-0.15, -0.1) is 0 Å². The van der Waals surface area contributed by atoms with E-state index in [0.29, 0.717) is 18.3 Å². The number of nitrogens with one attached hydrogen (secondary N) is 1. The molecule has 156 valence electrons. The Hall–Kier alpha value is -2.25. The number of amides is 1. The fourth-order valence-electron chi connectivity index (χ4n) is 4.23. The largest absolute Gasteiger partial charge is 0.356 e. The molecule has 1 amide bonds. The molecular weight excluding hydrogens is 366 g/mol. The minimum absolute atomic E-state index is 0.126. The van der Waals surface area contributed by atoms with Crippen molar-refractivity contribution >= 4 is 5.91 Å². The number of rotatable bonds is 8. The molecule has 2 aliphatic rings. The number of likely N-dealkylation sites (tertiary alicyclic amines) is 2. The summed E-state index contributed by atoms with van der Waals surface area (Å²) in [6, 6.07) is 9.85. The quantitative estimate of drug-likeness (QED) is 0.690. The molecule has 2 saturated heterocycles. The van der Waals surface area contributed by atoms with Crippen LogP contribution in [-0.2, 0) is 11.3 Å². The van der Waals surface area contributed by atoms with Crippen LogP contribution in [0.5, 0.6) is 0 Å². The standard InChI is InChI=1S/C22H31N5O2/c28-22(23-11-6-14-26-12-4-5-13-26)19-9-15-27(16-10-19)17-20-24-21(25-29-20)18-7-2-1-3-8-18/h1-3,7-8,19H,4-6,9-17H2,(H,23,28). The van der Waals surface area contributed by atoms with Crippen LogP contribution < -0.4 is 5.32 Å². The van der Waals surface area contributed by atoms with Crippen molar-refractivity contribution in [1.82, 2.24) is 25.3 Å². The third-order valence-corrected chi connectivity index (χ3v) is 5.97. The van der Waals surface area contributed by atoms with Crippen LogP contribution in [0.25, 0.3) is 11.4 Å². The van der Waals surface area contributed by atoms with E-state index < -0.39 is 0 Å². The fourth-order valence-corrected chi connectivity index (χ4v) is 4.23. The van der Waals surface area contributed by atoms with E-state index in [0.717, 1.165) is 51.0 Å². The zero-order valence-corrected chi connectivity index (χ0v) is 17.1. The summed E-state index contributed by atoms with van der Waals surface area (Å²) in [7, 11) is 0. The van der Waals surface area contributed by atoms with Crippen molar-refractivity contribution in [2.45, 2.75) is 38.6 Å². The Morgan fingerprint density at radius 3 is 2.59 bits per heavy atom. The van der Waals surface area contributed by atoms with Gasteiger partial charge in [0.1, 0.15) is 0 Å². The number of hydrogen-bond acceptors (Lipinski definition) is 6. The van der Waals surface area contributed by atoms with Gasteiger partial charge in [-0.3, -0.25) is 9.69 Å². The van der Waals surface area contributed by atoms with E-state index in [4.69, 9.17) is 4.52 Å². The Morgan fingerprint density at radius 2 is 1.83 bits per heavy atom. The molecule has 0 bridgehead atoms. The Morgan fingerprint density at radius 1 is 1.07 bits per heavy atom. The highest BCUT2D eigenvalue weighted by Crippen LogP contribution is 2.20. The number of benzene rings is 1. The maximum Gasteiger partial charge on any atom is 0.241 e. The summed E-state index contributed by atoms with van der Waals surface area (Å²) >= 11 is 0. The predicted octanol–water partition coefficient (Wildman–Crippen LogP) is 2.55. The molecule has 2 fully saturated rings. The van der Waals surface area contributed by atoms with Crippen molar-refractivity contribution in [3.8, 4) is 11.4 Å². The van der Waals surface area contributed by atoms with E-state index in [1.165, 1.54) is 25.9 Å². The second-order valence-electron chi connectivity index (χ2n) is 8.12. The molecule has 4 rings (SSSR count). The number of carbonyl (C=O) groups excluding carboxylic acids is 1. The normalized spacial score (nSPS) is 18.9. The molecule has 0 unspecified atom stereocenters. The van der Waals surface area contributed by atoms with Gasteiger partial charge in [-0.05, 0) is 64.8 Å². The van der Waals surface area contributed by atoms with E-state index in [2.05, 4.69) is 25.3 Å². The zero-order valence-electron chi connectivity index (χ0n) is 17.1. The molecule has 29 heavy (non-hydrogen) atoms. The molecule has 1 aromatic carbocycles. The smallest absolute Gasteiger partial charge is 0.241 e. The molecule has 7 heteroatoms. The summed E-state index contributed by atoms with van der Waals surface area (Å²) in [4.78, 5) is 21.7. The fraction of sp³-hybridized carbons (Fsp3) is 0.591. The number of hydrogen-bond donors (Lipinski definition) is 1. The highest BCUT2D eigenvalue weighted by atomic mass is 16.5. The molecule has 1 N–H and O–H groups in total. The van der Waals surface area contributed by atoms with Crippen molar-refractivity contribution in [1.29, 1.82) is 0 Å². The third kappa shape index (κ3) is 5.64. The number of nitrogens with zero attached hydrogens (tertiary/aromatic N) is 4. The summed E-state index contributed by atoms with van der Waals surface area (Å²) in [5, 5.41) is 7.22. The van der Waals surface area contributed by atoms with Gasteiger partial charge in [-0.25, -0.2) is 0 Å². The molecule has 0 atom stereocenters. The predicted molar refractivity (Wildman–Crippen MR) is 111 cm³/mol. The van der Waals surface area contributed by atoms with Crippen molar-refractivity contribution in [2.75, 3.05) is 39.3 Å². The summed E-state index contributed by atoms with van der Waals surface area (Å²) in [6.45, 7) is 6.75. The van der Waals surface area contributed by atoms with Gasteiger partial charge in [0.05, 0.1) is 6.54 Å². The minimum atomic E-state index is 0.126. The first kappa shape index (κ1) is 20.0. The monoisotopic (exact) mass is 397 g/mol. The van der Waals surface area contributed by atoms with Gasteiger partial charge in [-0.1, -0.05) is 35.5 Å². The SMILES string of the molecule is O=C(NCCCN1CCCC1)C1CCN(Cc2nc(-c3ccccc3)no2)CC1. The second kappa shape index (κ2) is 9.98. The van der Waals surface area contributed by atoms with E-state index in [9.17, 15) is 4.79 Å². The molecule has 0 aliphatic carbocycles. The molecule has 0 saturated carbocycles. The maximum absolute atomic E-state index is 12.4. The second-order valence-corrected chi connectivity index (χ2v) is 8.12. The maximum atomic E-state index is 12.4. The van der Waals surface area contributed by atoms with Gasteiger partial charge >= 0.3 is 0 Å². The van der Waals surface area contributed by atoms with Gasteiger partial charge in [-0.2, -0.15) is 4.98 Å². The van der Waals surface area contributed by atoms with Gasteiger partial charge in [0.15, 0.2) is 0 Å². The number of carbonyl (C=O) groups is 1. The van der Waals surface area contributed by atoms with E-state index in [1.54, 1.807) is 0 Å². The molecule has 2 aromatic rings. The molecular formula is C22H31N5O2. The molecule has 1 aromatic heterocycles. The van der Waals surface area contributed by atoms with E-state index >= 15 is 0 Å². The summed E-state index contributed by atoms with van der Waals surface area (Å²) < 4.78 is 5.42. The van der Waals surface area contributed by atoms with Crippen LogP contribution in [0, 0.1) is 5.92 Å². The van der Waals surface area contributed by atoms with Crippen LogP contribution in [0.4, 0.5) is 0 Å². The molecule has 0 spiro atoms. The first-order chi connectivity index (χ1) is 14.3. The lowest BCUT2D eigenvalue weighted by molar-refractivity contribution is -0.126. The molecule has 7 nitrogen and oxygen atoms in total. The summed E-state index contributed by atoms with van der Waals surface area (Å²) in [5.41, 5.74) is 0.961. The van der Waals surface area contributed by atoms with Gasteiger partial charge in [0.2, 0.25) is 17.6 Å². The molecule has 3 heterocycles. The average molecular weight is 398 g/mol. The topological polar surface area (TPSA) is 74.5 Å². The Bertz CT molecular complexity index is 765. The third-order valence-electron chi connectivity index (χ3n) is 5.97. The van der Waals surface area contributed by atoms with Gasteiger partial charge < -0.3 is 14.7 Å². The van der Waals surface area contributed by atoms with Crippen molar-refractivity contribution < 1.29 is 9.32 Å². The highest BCUT2D eigenvalue weighted by Gasteiger charge is 2.25. The first-order valence-electron chi connectivity index (χ1n) is 10.9. The van der Waals surface area contributed by atoms with E-state index in [1.807, 2.05) is 30.3 Å². The summed E-state index contributed by atoms with van der Waals surface area (Å²) in [5.74, 6) is 1.60. The summed E-state index contributed by atoms with van der Waals surface area (Å²) in [6.07, 6.45) is 5.46. The lowest BCUT2D eigenvalue weighted by Gasteiger charge is -2.30. The van der Waals surface area contributed by atoms with Crippen molar-refractivity contribution in [2.24, 2.45) is 5.92 Å². The van der Waals surface area contributed by atoms with Crippen molar-refractivity contribution in [3.05, 3.63) is 36.2 Å². The van der Waals surface area contributed by atoms with Crippen LogP contribution in [0.1, 0.15) is 38.0 Å². The average Bonchev–Trinajstić information content (AvgIpc) is 3.44. The molecule has 0 radical (unpaired) electrons.